The number of nitrogens with zero attached hydrogens (tertiary/aromatic N) is 1. The third-order valence-electron chi connectivity index (χ3n) is 7.65. The van der Waals surface area contributed by atoms with Gasteiger partial charge in [-0.05, 0) is 77.3 Å². The van der Waals surface area contributed by atoms with Gasteiger partial charge in [-0.1, -0.05) is 6.07 Å². The van der Waals surface area contributed by atoms with Gasteiger partial charge >= 0.3 is 0 Å². The number of hydrogen-bond donors (Lipinski definition) is 1. The van der Waals surface area contributed by atoms with Crippen LogP contribution in [0.5, 0.6) is 11.5 Å². The molecule has 3 saturated heterocycles. The average Bonchev–Trinajstić information content (AvgIpc) is 3.39. The van der Waals surface area contributed by atoms with Gasteiger partial charge in [0, 0.05) is 19.2 Å². The van der Waals surface area contributed by atoms with E-state index in [1.165, 1.54) is 0 Å². The Balaban J connectivity index is 1.26. The summed E-state index contributed by atoms with van der Waals surface area (Å²) in [6.45, 7) is 10.5. The Bertz CT molecular complexity index is 828. The lowest BCUT2D eigenvalue weighted by Crippen LogP contribution is -2.46. The van der Waals surface area contributed by atoms with Crippen molar-refractivity contribution in [2.45, 2.75) is 83.2 Å². The highest BCUT2D eigenvalue weighted by Gasteiger charge is 2.53. The van der Waals surface area contributed by atoms with E-state index < -0.39 is 5.60 Å². The minimum atomic E-state index is -0.841. The van der Waals surface area contributed by atoms with E-state index in [0.717, 1.165) is 50.9 Å². The van der Waals surface area contributed by atoms with Crippen LogP contribution in [-0.4, -0.2) is 72.2 Å². The van der Waals surface area contributed by atoms with Crippen molar-refractivity contribution in [1.29, 1.82) is 0 Å². The van der Waals surface area contributed by atoms with Crippen LogP contribution in [0.2, 0.25) is 0 Å². The average molecular weight is 462 g/mol. The summed E-state index contributed by atoms with van der Waals surface area (Å²) in [6, 6.07) is 7.39. The molecule has 0 aliphatic carbocycles. The second kappa shape index (κ2) is 9.43. The topological polar surface area (TPSA) is 77.5 Å². The molecule has 1 aromatic carbocycles. The normalized spacial score (nSPS) is 29.4. The first kappa shape index (κ1) is 24.3. The Kier molecular flexibility index (Phi) is 6.95. The molecular formula is C26H39NO6. The predicted octanol–water partition coefficient (Wildman–Crippen LogP) is 3.57. The van der Waals surface area contributed by atoms with Gasteiger partial charge in [0.05, 0.1) is 36.6 Å². The Morgan fingerprint density at radius 3 is 2.55 bits per heavy atom. The summed E-state index contributed by atoms with van der Waals surface area (Å²) in [5.41, 5.74) is -1.09. The van der Waals surface area contributed by atoms with Gasteiger partial charge in [0.25, 0.3) is 5.91 Å². The number of piperidine rings is 1. The third kappa shape index (κ3) is 5.47. The molecule has 0 unspecified atom stereocenters. The molecule has 3 aliphatic rings. The molecule has 4 rings (SSSR count). The molecule has 0 bridgehead atoms. The standard InChI is InChI=1S/C26H39NO6/c1-5-30-19-7-6-8-20(15-19)31-17-23(28)27-13-11-26(12-14-27)16-22(32-18-26)25(4)10-9-21(33-25)24(2,3)29/h6-8,15,21-22,29H,5,9-14,16-18H2,1-4H3/t21-,22-,25+/m0/s1. The van der Waals surface area contributed by atoms with Crippen LogP contribution in [0.4, 0.5) is 0 Å². The highest BCUT2D eigenvalue weighted by atomic mass is 16.6. The summed E-state index contributed by atoms with van der Waals surface area (Å²) in [4.78, 5) is 14.6. The first-order chi connectivity index (χ1) is 15.6. The van der Waals surface area contributed by atoms with Crippen molar-refractivity contribution in [3.05, 3.63) is 24.3 Å². The minimum absolute atomic E-state index is 0.0150. The van der Waals surface area contributed by atoms with Crippen LogP contribution in [-0.2, 0) is 14.3 Å². The van der Waals surface area contributed by atoms with Crippen molar-refractivity contribution in [2.75, 3.05) is 32.9 Å². The van der Waals surface area contributed by atoms with E-state index in [9.17, 15) is 9.90 Å². The van der Waals surface area contributed by atoms with Crippen LogP contribution in [0.3, 0.4) is 0 Å². The van der Waals surface area contributed by atoms with E-state index in [-0.39, 0.29) is 35.7 Å². The van der Waals surface area contributed by atoms with Crippen LogP contribution in [0.25, 0.3) is 0 Å². The molecule has 3 fully saturated rings. The van der Waals surface area contributed by atoms with Crippen LogP contribution < -0.4 is 9.47 Å². The molecule has 7 heteroatoms. The fourth-order valence-electron chi connectivity index (χ4n) is 5.41. The minimum Gasteiger partial charge on any atom is -0.494 e. The molecule has 3 atom stereocenters. The smallest absolute Gasteiger partial charge is 0.260 e. The maximum absolute atomic E-state index is 12.7. The number of carbonyl (C=O) groups is 1. The van der Waals surface area contributed by atoms with Gasteiger partial charge in [-0.2, -0.15) is 0 Å². The maximum atomic E-state index is 12.7. The lowest BCUT2D eigenvalue weighted by atomic mass is 9.74. The van der Waals surface area contributed by atoms with E-state index in [4.69, 9.17) is 18.9 Å². The van der Waals surface area contributed by atoms with Crippen molar-refractivity contribution in [3.8, 4) is 11.5 Å². The monoisotopic (exact) mass is 461 g/mol. The zero-order chi connectivity index (χ0) is 23.7. The Morgan fingerprint density at radius 1 is 1.21 bits per heavy atom. The zero-order valence-electron chi connectivity index (χ0n) is 20.5. The maximum Gasteiger partial charge on any atom is 0.260 e. The number of likely N-dealkylation sites (tertiary alicyclic amines) is 1. The van der Waals surface area contributed by atoms with Gasteiger partial charge in [0.15, 0.2) is 6.61 Å². The van der Waals surface area contributed by atoms with Gasteiger partial charge in [0.1, 0.15) is 11.5 Å². The molecule has 184 valence electrons. The summed E-state index contributed by atoms with van der Waals surface area (Å²) >= 11 is 0. The Hall–Kier alpha value is -1.83. The molecule has 3 heterocycles. The highest BCUT2D eigenvalue weighted by molar-refractivity contribution is 5.77. The molecule has 0 radical (unpaired) electrons. The fraction of sp³-hybridized carbons (Fsp3) is 0.731. The third-order valence-corrected chi connectivity index (χ3v) is 7.65. The zero-order valence-corrected chi connectivity index (χ0v) is 20.5. The van der Waals surface area contributed by atoms with E-state index >= 15 is 0 Å². The predicted molar refractivity (Wildman–Crippen MR) is 125 cm³/mol. The molecular weight excluding hydrogens is 422 g/mol. The van der Waals surface area contributed by atoms with Crippen LogP contribution in [0.1, 0.15) is 59.8 Å². The molecule has 1 spiro atoms. The van der Waals surface area contributed by atoms with Gasteiger partial charge in [0.2, 0.25) is 0 Å². The quantitative estimate of drug-likeness (QED) is 0.669. The lowest BCUT2D eigenvalue weighted by Gasteiger charge is -2.39. The summed E-state index contributed by atoms with van der Waals surface area (Å²) in [7, 11) is 0. The van der Waals surface area contributed by atoms with Crippen LogP contribution in [0, 0.1) is 5.41 Å². The van der Waals surface area contributed by atoms with E-state index in [1.54, 1.807) is 0 Å². The summed E-state index contributed by atoms with van der Waals surface area (Å²) in [5.74, 6) is 1.40. The second-order valence-electron chi connectivity index (χ2n) is 10.7. The van der Waals surface area contributed by atoms with E-state index in [0.29, 0.717) is 19.0 Å². The summed E-state index contributed by atoms with van der Waals surface area (Å²) in [5, 5.41) is 10.4. The number of amides is 1. The SMILES string of the molecule is CCOc1cccc(OCC(=O)N2CCC3(CC2)CO[C@H]([C@@]2(C)CC[C@@H](C(C)(C)O)O2)C3)c1. The Morgan fingerprint density at radius 2 is 1.91 bits per heavy atom. The summed E-state index contributed by atoms with van der Waals surface area (Å²) < 4.78 is 23.8. The van der Waals surface area contributed by atoms with Crippen molar-refractivity contribution >= 4 is 5.91 Å². The molecule has 33 heavy (non-hydrogen) atoms. The molecule has 0 aromatic heterocycles. The molecule has 7 nitrogen and oxygen atoms in total. The van der Waals surface area contributed by atoms with Gasteiger partial charge in [-0.3, -0.25) is 4.79 Å². The second-order valence-corrected chi connectivity index (χ2v) is 10.7. The number of hydrogen-bond acceptors (Lipinski definition) is 6. The molecule has 1 N–H and O–H groups in total. The van der Waals surface area contributed by atoms with Crippen LogP contribution in [0.15, 0.2) is 24.3 Å². The first-order valence-corrected chi connectivity index (χ1v) is 12.3. The molecule has 1 amide bonds. The van der Waals surface area contributed by atoms with E-state index in [1.807, 2.05) is 49.9 Å². The largest absolute Gasteiger partial charge is 0.494 e. The summed E-state index contributed by atoms with van der Waals surface area (Å²) in [6.07, 6.45) is 4.44. The van der Waals surface area contributed by atoms with Gasteiger partial charge in [-0.25, -0.2) is 0 Å². The Labute approximate surface area is 197 Å². The number of aliphatic hydroxyl groups is 1. The van der Waals surface area contributed by atoms with Crippen molar-refractivity contribution in [3.63, 3.8) is 0 Å². The van der Waals surface area contributed by atoms with Crippen molar-refractivity contribution in [1.82, 2.24) is 4.90 Å². The molecule has 1 aromatic rings. The van der Waals surface area contributed by atoms with Crippen molar-refractivity contribution < 1.29 is 28.8 Å². The molecule has 0 saturated carbocycles. The molecule has 3 aliphatic heterocycles. The first-order valence-electron chi connectivity index (χ1n) is 12.3. The number of benzene rings is 1. The number of carbonyl (C=O) groups excluding carboxylic acids is 1. The highest BCUT2D eigenvalue weighted by Crippen LogP contribution is 2.49. The lowest BCUT2D eigenvalue weighted by molar-refractivity contribution is -0.155. The van der Waals surface area contributed by atoms with Crippen LogP contribution >= 0.6 is 0 Å². The number of ether oxygens (including phenoxy) is 4. The van der Waals surface area contributed by atoms with E-state index in [2.05, 4.69) is 6.92 Å². The fourth-order valence-corrected chi connectivity index (χ4v) is 5.41. The van der Waals surface area contributed by atoms with Gasteiger partial charge < -0.3 is 29.0 Å². The number of rotatable bonds is 7. The van der Waals surface area contributed by atoms with Gasteiger partial charge in [-0.15, -0.1) is 0 Å². The van der Waals surface area contributed by atoms with Crippen molar-refractivity contribution in [2.24, 2.45) is 5.41 Å².